The van der Waals surface area contributed by atoms with E-state index < -0.39 is 0 Å². The summed E-state index contributed by atoms with van der Waals surface area (Å²) in [4.78, 5) is 4.56. The van der Waals surface area contributed by atoms with Gasteiger partial charge >= 0.3 is 0 Å². The smallest absolute Gasteiger partial charge is 0.191 e. The van der Waals surface area contributed by atoms with E-state index in [0.717, 1.165) is 79.4 Å². The number of nitrogens with zero attached hydrogens (tertiary/aromatic N) is 4. The molecule has 6 nitrogen and oxygen atoms in total. The highest BCUT2D eigenvalue weighted by atomic mass is 35.5. The number of aromatic nitrogens is 4. The minimum atomic E-state index is 0. The van der Waals surface area contributed by atoms with Crippen molar-refractivity contribution >= 4 is 35.5 Å². The van der Waals surface area contributed by atoms with Gasteiger partial charge in [-0.05, 0) is 45.7 Å². The molecular formula is C17H26ClN5OS2. The first kappa shape index (κ1) is 20.1. The van der Waals surface area contributed by atoms with Gasteiger partial charge in [-0.3, -0.25) is 0 Å². The molecule has 2 aromatic rings. The van der Waals surface area contributed by atoms with Crippen LogP contribution in [0, 0.1) is 6.92 Å². The highest BCUT2D eigenvalue weighted by molar-refractivity contribution is 7.98. The Morgan fingerprint density at radius 2 is 2.15 bits per heavy atom. The number of nitrogens with one attached hydrogen (secondary N) is 1. The summed E-state index contributed by atoms with van der Waals surface area (Å²) in [6, 6.07) is 0. The molecule has 2 saturated heterocycles. The molecule has 2 aromatic heterocycles. The van der Waals surface area contributed by atoms with Crippen LogP contribution in [0.15, 0.2) is 10.5 Å². The van der Waals surface area contributed by atoms with E-state index in [1.807, 2.05) is 6.92 Å². The van der Waals surface area contributed by atoms with Gasteiger partial charge in [0.1, 0.15) is 5.82 Å². The van der Waals surface area contributed by atoms with E-state index >= 15 is 0 Å². The molecule has 0 amide bonds. The Kier molecular flexibility index (Phi) is 7.34. The minimum absolute atomic E-state index is 0. The zero-order valence-electron chi connectivity index (χ0n) is 15.0. The number of rotatable bonds is 6. The van der Waals surface area contributed by atoms with E-state index in [0.29, 0.717) is 12.0 Å². The van der Waals surface area contributed by atoms with Crippen LogP contribution in [0.2, 0.25) is 0 Å². The molecule has 9 heteroatoms. The van der Waals surface area contributed by atoms with Gasteiger partial charge in [0, 0.05) is 23.7 Å². The second-order valence-corrected chi connectivity index (χ2v) is 8.76. The summed E-state index contributed by atoms with van der Waals surface area (Å²) >= 11 is 3.45. The number of halogens is 1. The normalized spacial score (nSPS) is 21.0. The highest BCUT2D eigenvalue weighted by Crippen LogP contribution is 2.30. The van der Waals surface area contributed by atoms with Crippen LogP contribution in [0.4, 0.5) is 0 Å². The van der Waals surface area contributed by atoms with Crippen molar-refractivity contribution in [2.75, 3.05) is 19.7 Å². The Morgan fingerprint density at radius 3 is 2.85 bits per heavy atom. The molecule has 0 spiro atoms. The third kappa shape index (κ3) is 4.78. The van der Waals surface area contributed by atoms with Crippen LogP contribution < -0.4 is 5.32 Å². The Bertz CT molecular complexity index is 695. The van der Waals surface area contributed by atoms with Crippen LogP contribution in [-0.4, -0.2) is 45.5 Å². The third-order valence-electron chi connectivity index (χ3n) is 4.88. The predicted molar refractivity (Wildman–Crippen MR) is 108 cm³/mol. The summed E-state index contributed by atoms with van der Waals surface area (Å²) in [6.07, 6.45) is 4.88. The Balaban J connectivity index is 0.00000196. The summed E-state index contributed by atoms with van der Waals surface area (Å²) in [7, 11) is 0. The maximum Gasteiger partial charge on any atom is 0.191 e. The first-order valence-corrected chi connectivity index (χ1v) is 11.0. The van der Waals surface area contributed by atoms with Gasteiger partial charge < -0.3 is 14.6 Å². The first-order chi connectivity index (χ1) is 12.3. The summed E-state index contributed by atoms with van der Waals surface area (Å²) in [6.45, 7) is 5.95. The van der Waals surface area contributed by atoms with Crippen LogP contribution in [0.5, 0.6) is 0 Å². The molecule has 4 rings (SSSR count). The Hall–Kier alpha value is -0.670. The lowest BCUT2D eigenvalue weighted by atomic mass is 9.97. The van der Waals surface area contributed by atoms with Crippen molar-refractivity contribution in [1.29, 1.82) is 0 Å². The molecular weight excluding hydrogens is 390 g/mol. The minimum Gasteiger partial charge on any atom is -0.376 e. The average molecular weight is 416 g/mol. The molecule has 144 valence electrons. The number of hydrogen-bond acceptors (Lipinski definition) is 7. The van der Waals surface area contributed by atoms with Crippen molar-refractivity contribution in [3.05, 3.63) is 21.9 Å². The monoisotopic (exact) mass is 415 g/mol. The lowest BCUT2D eigenvalue weighted by molar-refractivity contribution is 0.0936. The first-order valence-electron chi connectivity index (χ1n) is 9.09. The number of hydrogen-bond donors (Lipinski definition) is 1. The maximum atomic E-state index is 5.88. The summed E-state index contributed by atoms with van der Waals surface area (Å²) in [5, 5.41) is 16.8. The zero-order valence-corrected chi connectivity index (χ0v) is 17.5. The standard InChI is InChI=1S/C17H25N5OS2.ClH/c1-12-19-14(10-24-12)11-25-17-21-20-16(13-4-6-18-7-5-13)22(17)9-15-3-2-8-23-15;/h10,13,15,18H,2-9,11H2,1H3;1H. The van der Waals surface area contributed by atoms with E-state index in [-0.39, 0.29) is 12.4 Å². The molecule has 1 unspecified atom stereocenters. The van der Waals surface area contributed by atoms with Crippen LogP contribution >= 0.6 is 35.5 Å². The number of thioether (sulfide) groups is 1. The Labute approximate surface area is 168 Å². The van der Waals surface area contributed by atoms with Crippen molar-refractivity contribution in [2.24, 2.45) is 0 Å². The van der Waals surface area contributed by atoms with Gasteiger partial charge in [0.15, 0.2) is 5.16 Å². The van der Waals surface area contributed by atoms with Crippen molar-refractivity contribution < 1.29 is 4.74 Å². The molecule has 1 N–H and O–H groups in total. The van der Waals surface area contributed by atoms with Crippen LogP contribution in [0.3, 0.4) is 0 Å². The van der Waals surface area contributed by atoms with Crippen molar-refractivity contribution in [3.8, 4) is 0 Å². The number of piperidine rings is 1. The third-order valence-corrected chi connectivity index (χ3v) is 6.70. The predicted octanol–water partition coefficient (Wildman–Crippen LogP) is 3.40. The molecule has 0 aromatic carbocycles. The molecule has 4 heterocycles. The van der Waals surface area contributed by atoms with Gasteiger partial charge in [-0.1, -0.05) is 11.8 Å². The molecule has 2 fully saturated rings. The lowest BCUT2D eigenvalue weighted by Crippen LogP contribution is -2.29. The summed E-state index contributed by atoms with van der Waals surface area (Å²) in [5.41, 5.74) is 1.13. The number of ether oxygens (including phenoxy) is 1. The largest absolute Gasteiger partial charge is 0.376 e. The molecule has 0 aliphatic carbocycles. The fourth-order valence-electron chi connectivity index (χ4n) is 3.57. The van der Waals surface area contributed by atoms with Gasteiger partial charge in [-0.2, -0.15) is 0 Å². The van der Waals surface area contributed by atoms with Crippen LogP contribution in [0.1, 0.15) is 48.1 Å². The van der Waals surface area contributed by atoms with Crippen LogP contribution in [0.25, 0.3) is 0 Å². The quantitative estimate of drug-likeness (QED) is 0.729. The maximum absolute atomic E-state index is 5.88. The number of aryl methyl sites for hydroxylation is 1. The second kappa shape index (κ2) is 9.50. The molecule has 1 atom stereocenters. The topological polar surface area (TPSA) is 64.9 Å². The molecule has 2 aliphatic heterocycles. The van der Waals surface area contributed by atoms with Gasteiger partial charge in [0.05, 0.1) is 23.4 Å². The fraction of sp³-hybridized carbons (Fsp3) is 0.706. The van der Waals surface area contributed by atoms with E-state index in [1.165, 1.54) is 0 Å². The van der Waals surface area contributed by atoms with E-state index in [9.17, 15) is 0 Å². The van der Waals surface area contributed by atoms with Crippen molar-refractivity contribution in [1.82, 2.24) is 25.1 Å². The summed E-state index contributed by atoms with van der Waals surface area (Å²) < 4.78 is 8.21. The average Bonchev–Trinajstić information content (AvgIpc) is 3.36. The van der Waals surface area contributed by atoms with Gasteiger partial charge in [-0.15, -0.1) is 33.9 Å². The zero-order chi connectivity index (χ0) is 17.1. The lowest BCUT2D eigenvalue weighted by Gasteiger charge is -2.23. The van der Waals surface area contributed by atoms with E-state index in [2.05, 4.69) is 30.4 Å². The van der Waals surface area contributed by atoms with Crippen molar-refractivity contribution in [3.63, 3.8) is 0 Å². The Morgan fingerprint density at radius 1 is 1.31 bits per heavy atom. The highest BCUT2D eigenvalue weighted by Gasteiger charge is 2.26. The molecule has 0 saturated carbocycles. The van der Waals surface area contributed by atoms with Gasteiger partial charge in [0.2, 0.25) is 0 Å². The van der Waals surface area contributed by atoms with E-state index in [1.54, 1.807) is 23.1 Å². The molecule has 26 heavy (non-hydrogen) atoms. The van der Waals surface area contributed by atoms with Gasteiger partial charge in [-0.25, -0.2) is 4.98 Å². The van der Waals surface area contributed by atoms with Crippen LogP contribution in [-0.2, 0) is 17.0 Å². The molecule has 0 radical (unpaired) electrons. The molecule has 2 aliphatic rings. The van der Waals surface area contributed by atoms with Crippen molar-refractivity contribution in [2.45, 2.75) is 62.1 Å². The number of thiazole rings is 1. The second-order valence-electron chi connectivity index (χ2n) is 6.76. The summed E-state index contributed by atoms with van der Waals surface area (Å²) in [5.74, 6) is 2.50. The molecule has 0 bridgehead atoms. The fourth-order valence-corrected chi connectivity index (χ4v) is 5.13. The SMILES string of the molecule is Cc1nc(CSc2nnc(C3CCNCC3)n2CC2CCCO2)cs1.Cl. The van der Waals surface area contributed by atoms with Gasteiger partial charge in [0.25, 0.3) is 0 Å². The van der Waals surface area contributed by atoms with E-state index in [4.69, 9.17) is 4.74 Å².